The van der Waals surface area contributed by atoms with E-state index in [4.69, 9.17) is 19.1 Å². The second kappa shape index (κ2) is 8.14. The maximum absolute atomic E-state index is 6.29. The molecule has 166 valence electrons. The summed E-state index contributed by atoms with van der Waals surface area (Å²) < 4.78 is 20.7. The van der Waals surface area contributed by atoms with Crippen molar-refractivity contribution in [1.29, 1.82) is 0 Å². The Hall–Kier alpha value is -2.48. The van der Waals surface area contributed by atoms with Crippen molar-refractivity contribution in [3.63, 3.8) is 0 Å². The molecule has 0 saturated carbocycles. The second-order valence-electron chi connectivity index (χ2n) is 9.64. The van der Waals surface area contributed by atoms with Crippen LogP contribution < -0.4 is 5.46 Å². The Balaban J connectivity index is 1.56. The summed E-state index contributed by atoms with van der Waals surface area (Å²) in [7, 11) is -0.408. The van der Waals surface area contributed by atoms with Crippen molar-refractivity contribution in [2.24, 2.45) is 0 Å². The van der Waals surface area contributed by atoms with Crippen LogP contribution in [0.15, 0.2) is 42.7 Å². The van der Waals surface area contributed by atoms with Crippen LogP contribution in [-0.2, 0) is 14.0 Å². The lowest BCUT2D eigenvalue weighted by Gasteiger charge is -2.32. The van der Waals surface area contributed by atoms with E-state index in [1.165, 1.54) is 0 Å². The van der Waals surface area contributed by atoms with Gasteiger partial charge in [-0.25, -0.2) is 4.68 Å². The van der Waals surface area contributed by atoms with Gasteiger partial charge in [-0.3, -0.25) is 4.98 Å². The van der Waals surface area contributed by atoms with E-state index in [1.54, 1.807) is 6.20 Å². The van der Waals surface area contributed by atoms with Gasteiger partial charge in [0.05, 0.1) is 22.4 Å². The number of hydrogen-bond donors (Lipinski definition) is 0. The van der Waals surface area contributed by atoms with Crippen LogP contribution in [0.25, 0.3) is 23.1 Å². The first-order chi connectivity index (χ1) is 15.3. The van der Waals surface area contributed by atoms with E-state index in [1.807, 2.05) is 35.2 Å². The first-order valence-electron chi connectivity index (χ1n) is 11.4. The smallest absolute Gasteiger partial charge is 0.399 e. The number of rotatable bonds is 4. The zero-order valence-electron chi connectivity index (χ0n) is 19.2. The van der Waals surface area contributed by atoms with Crippen LogP contribution in [0.4, 0.5) is 0 Å². The molecule has 2 aliphatic rings. The molecule has 1 unspecified atom stereocenters. The van der Waals surface area contributed by atoms with Gasteiger partial charge in [0.1, 0.15) is 0 Å². The molecule has 6 nitrogen and oxygen atoms in total. The summed E-state index contributed by atoms with van der Waals surface area (Å²) in [5, 5.41) is 6.02. The number of aromatic nitrogens is 3. The Kier molecular flexibility index (Phi) is 5.44. The van der Waals surface area contributed by atoms with Gasteiger partial charge in [0, 0.05) is 24.4 Å². The molecular formula is C25H30BN3O3. The van der Waals surface area contributed by atoms with Crippen molar-refractivity contribution in [2.45, 2.75) is 64.4 Å². The van der Waals surface area contributed by atoms with Crippen molar-refractivity contribution < 1.29 is 14.0 Å². The minimum Gasteiger partial charge on any atom is -0.399 e. The van der Waals surface area contributed by atoms with Crippen LogP contribution in [0.2, 0.25) is 0 Å². The van der Waals surface area contributed by atoms with Crippen molar-refractivity contribution in [3.05, 3.63) is 54.0 Å². The fourth-order valence-electron chi connectivity index (χ4n) is 4.22. The minimum atomic E-state index is -0.408. The SMILES string of the molecule is CC1(C)OB(c2ccc3c(c2)c(/C=C/c2cccnc2)nn3C2CCCCO2)OC1(C)C. The molecule has 1 aromatic carbocycles. The maximum Gasteiger partial charge on any atom is 0.494 e. The van der Waals surface area contributed by atoms with E-state index in [0.717, 1.165) is 53.5 Å². The minimum absolute atomic E-state index is 0.0329. The third-order valence-electron chi connectivity index (χ3n) is 6.83. The highest BCUT2D eigenvalue weighted by atomic mass is 16.7. The Morgan fingerprint density at radius 1 is 1.06 bits per heavy atom. The molecule has 3 aromatic rings. The van der Waals surface area contributed by atoms with E-state index in [2.05, 4.69) is 50.9 Å². The molecule has 0 bridgehead atoms. The summed E-state index contributed by atoms with van der Waals surface area (Å²) in [6.07, 6.45) is 10.9. The van der Waals surface area contributed by atoms with Crippen molar-refractivity contribution in [1.82, 2.24) is 14.8 Å². The topological polar surface area (TPSA) is 58.4 Å². The number of benzene rings is 1. The van der Waals surface area contributed by atoms with Crippen LogP contribution in [0.3, 0.4) is 0 Å². The van der Waals surface area contributed by atoms with Gasteiger partial charge in [0.15, 0.2) is 6.23 Å². The Morgan fingerprint density at radius 2 is 1.88 bits per heavy atom. The predicted octanol–water partition coefficient (Wildman–Crippen LogP) is 4.60. The summed E-state index contributed by atoms with van der Waals surface area (Å²) in [6, 6.07) is 10.3. The van der Waals surface area contributed by atoms with Gasteiger partial charge >= 0.3 is 7.12 Å². The molecule has 2 aromatic heterocycles. The highest BCUT2D eigenvalue weighted by Crippen LogP contribution is 2.37. The maximum atomic E-state index is 6.29. The van der Waals surface area contributed by atoms with Crippen LogP contribution in [0.5, 0.6) is 0 Å². The molecule has 5 rings (SSSR count). The van der Waals surface area contributed by atoms with Crippen LogP contribution in [-0.4, -0.2) is 39.7 Å². The predicted molar refractivity (Wildman–Crippen MR) is 127 cm³/mol. The van der Waals surface area contributed by atoms with Gasteiger partial charge < -0.3 is 14.0 Å². The summed E-state index contributed by atoms with van der Waals surface area (Å²) in [6.45, 7) is 9.08. The lowest BCUT2D eigenvalue weighted by molar-refractivity contribution is -0.0367. The Morgan fingerprint density at radius 3 is 2.56 bits per heavy atom. The van der Waals surface area contributed by atoms with E-state index in [-0.39, 0.29) is 17.4 Å². The third-order valence-corrected chi connectivity index (χ3v) is 6.83. The Labute approximate surface area is 189 Å². The van der Waals surface area contributed by atoms with Crippen molar-refractivity contribution in [3.8, 4) is 0 Å². The lowest BCUT2D eigenvalue weighted by Crippen LogP contribution is -2.41. The molecule has 4 heterocycles. The number of hydrogen-bond acceptors (Lipinski definition) is 5. The van der Waals surface area contributed by atoms with Gasteiger partial charge in [-0.1, -0.05) is 24.3 Å². The quantitative estimate of drug-likeness (QED) is 0.565. The standard InChI is InChI=1S/C25H30BN3O3/c1-24(2)25(3,4)32-26(31-24)19-11-13-22-20(16-19)21(12-10-18-8-7-14-27-17-18)28-29(22)23-9-5-6-15-30-23/h7-8,10-14,16-17,23H,5-6,9,15H2,1-4H3/b12-10+. The normalized spacial score (nSPS) is 22.8. The molecule has 2 saturated heterocycles. The molecule has 0 amide bonds. The van der Waals surface area contributed by atoms with Gasteiger partial charge in [0.25, 0.3) is 0 Å². The summed E-state index contributed by atoms with van der Waals surface area (Å²) in [5.74, 6) is 0. The van der Waals surface area contributed by atoms with Crippen molar-refractivity contribution in [2.75, 3.05) is 6.61 Å². The zero-order valence-corrected chi connectivity index (χ0v) is 19.2. The molecule has 0 N–H and O–H groups in total. The average Bonchev–Trinajstić information content (AvgIpc) is 3.26. The molecule has 2 fully saturated rings. The monoisotopic (exact) mass is 431 g/mol. The molecule has 0 aliphatic carbocycles. The van der Waals surface area contributed by atoms with Gasteiger partial charge in [-0.2, -0.15) is 5.10 Å². The molecule has 0 radical (unpaired) electrons. The molecular weight excluding hydrogens is 401 g/mol. The molecule has 32 heavy (non-hydrogen) atoms. The zero-order chi connectivity index (χ0) is 22.3. The highest BCUT2D eigenvalue weighted by molar-refractivity contribution is 6.62. The summed E-state index contributed by atoms with van der Waals surface area (Å²) >= 11 is 0. The van der Waals surface area contributed by atoms with E-state index < -0.39 is 7.12 Å². The van der Waals surface area contributed by atoms with Gasteiger partial charge in [-0.15, -0.1) is 0 Å². The van der Waals surface area contributed by atoms with Crippen molar-refractivity contribution >= 4 is 35.6 Å². The summed E-state index contributed by atoms with van der Waals surface area (Å²) in [5.41, 5.74) is 3.23. The molecule has 2 aliphatic heterocycles. The van der Waals surface area contributed by atoms with Crippen LogP contribution >= 0.6 is 0 Å². The largest absolute Gasteiger partial charge is 0.494 e. The third kappa shape index (κ3) is 3.89. The molecule has 0 spiro atoms. The van der Waals surface area contributed by atoms with Crippen LogP contribution in [0, 0.1) is 0 Å². The van der Waals surface area contributed by atoms with Gasteiger partial charge in [0.2, 0.25) is 0 Å². The van der Waals surface area contributed by atoms with Crippen LogP contribution in [0.1, 0.15) is 64.4 Å². The first-order valence-corrected chi connectivity index (χ1v) is 11.4. The molecule has 7 heteroatoms. The Bertz CT molecular complexity index is 1120. The number of nitrogens with zero attached hydrogens (tertiary/aromatic N) is 3. The fraction of sp³-hybridized carbons (Fsp3) is 0.440. The first kappa shape index (κ1) is 21.4. The second-order valence-corrected chi connectivity index (χ2v) is 9.64. The lowest BCUT2D eigenvalue weighted by atomic mass is 9.78. The van der Waals surface area contributed by atoms with E-state index in [0.29, 0.717) is 0 Å². The number of pyridine rings is 1. The number of fused-ring (bicyclic) bond motifs is 1. The number of ether oxygens (including phenoxy) is 1. The van der Waals surface area contributed by atoms with E-state index in [9.17, 15) is 0 Å². The molecule has 1 atom stereocenters. The fourth-order valence-corrected chi connectivity index (χ4v) is 4.22. The highest BCUT2D eigenvalue weighted by Gasteiger charge is 2.51. The summed E-state index contributed by atoms with van der Waals surface area (Å²) in [4.78, 5) is 4.20. The van der Waals surface area contributed by atoms with E-state index >= 15 is 0 Å². The average molecular weight is 431 g/mol. The van der Waals surface area contributed by atoms with Gasteiger partial charge in [-0.05, 0) is 76.2 Å².